The second-order valence-electron chi connectivity index (χ2n) is 4.27. The van der Waals surface area contributed by atoms with E-state index in [9.17, 15) is 0 Å². The highest BCUT2D eigenvalue weighted by atomic mass is 79.9. The lowest BCUT2D eigenvalue weighted by molar-refractivity contribution is 0.370. The van der Waals surface area contributed by atoms with Gasteiger partial charge in [0, 0.05) is 18.1 Å². The van der Waals surface area contributed by atoms with Gasteiger partial charge in [0.25, 0.3) is 0 Å². The summed E-state index contributed by atoms with van der Waals surface area (Å²) in [7, 11) is 3.47. The highest BCUT2D eigenvalue weighted by molar-refractivity contribution is 9.10. The van der Waals surface area contributed by atoms with Crippen LogP contribution in [-0.4, -0.2) is 16.9 Å². The number of aromatic nitrogens is 2. The van der Waals surface area contributed by atoms with Crippen molar-refractivity contribution in [3.05, 3.63) is 37.9 Å². The van der Waals surface area contributed by atoms with Crippen LogP contribution in [-0.2, 0) is 13.6 Å². The lowest BCUT2D eigenvalue weighted by Crippen LogP contribution is -2.03. The molecular formula is C13H14BrCl2N3O. The molecule has 0 radical (unpaired) electrons. The van der Waals surface area contributed by atoms with Crippen LogP contribution in [0.5, 0.6) is 5.88 Å². The Hall–Kier alpha value is -0.910. The van der Waals surface area contributed by atoms with Gasteiger partial charge in [0.1, 0.15) is 0 Å². The quantitative estimate of drug-likeness (QED) is 0.800. The number of halogens is 3. The van der Waals surface area contributed by atoms with E-state index in [4.69, 9.17) is 27.9 Å². The standard InChI is InChI=1S/C13H14BrCl2N3O/c1-7-8(13(20-3)19(2)18-7)6-17-10-5-4-9(14)11(15)12(10)16/h4-5,17H,6H2,1-3H3. The summed E-state index contributed by atoms with van der Waals surface area (Å²) >= 11 is 15.6. The van der Waals surface area contributed by atoms with E-state index in [1.54, 1.807) is 11.8 Å². The average molecular weight is 379 g/mol. The Morgan fingerprint density at radius 2 is 2.05 bits per heavy atom. The molecule has 1 N–H and O–H groups in total. The number of methoxy groups -OCH3 is 1. The minimum absolute atomic E-state index is 0.488. The Morgan fingerprint density at radius 3 is 2.70 bits per heavy atom. The van der Waals surface area contributed by atoms with Gasteiger partial charge in [-0.3, -0.25) is 0 Å². The molecule has 1 aromatic heterocycles. The van der Waals surface area contributed by atoms with Gasteiger partial charge in [0.15, 0.2) is 0 Å². The molecule has 0 unspecified atom stereocenters. The Bertz CT molecular complexity index is 643. The molecule has 0 bridgehead atoms. The Balaban J connectivity index is 2.24. The number of benzene rings is 1. The third kappa shape index (κ3) is 2.90. The maximum Gasteiger partial charge on any atom is 0.216 e. The van der Waals surface area contributed by atoms with Crippen molar-refractivity contribution in [3.8, 4) is 5.88 Å². The first-order chi connectivity index (χ1) is 9.45. The predicted molar refractivity (Wildman–Crippen MR) is 86.0 cm³/mol. The Labute approximate surface area is 136 Å². The van der Waals surface area contributed by atoms with Crippen LogP contribution in [0.25, 0.3) is 0 Å². The first kappa shape index (κ1) is 15.5. The van der Waals surface area contributed by atoms with Crippen molar-refractivity contribution in [2.75, 3.05) is 12.4 Å². The highest BCUT2D eigenvalue weighted by Gasteiger charge is 2.15. The lowest BCUT2D eigenvalue weighted by atomic mass is 10.2. The number of hydrogen-bond acceptors (Lipinski definition) is 3. The van der Waals surface area contributed by atoms with Crippen LogP contribution in [0.15, 0.2) is 16.6 Å². The number of hydrogen-bond donors (Lipinski definition) is 1. The van der Waals surface area contributed by atoms with Crippen LogP contribution >= 0.6 is 39.1 Å². The van der Waals surface area contributed by atoms with E-state index in [-0.39, 0.29) is 0 Å². The molecule has 0 fully saturated rings. The van der Waals surface area contributed by atoms with Gasteiger partial charge in [-0.05, 0) is 35.0 Å². The molecule has 2 aromatic rings. The molecule has 4 nitrogen and oxygen atoms in total. The molecule has 1 aromatic carbocycles. The fourth-order valence-corrected chi connectivity index (χ4v) is 2.83. The summed E-state index contributed by atoms with van der Waals surface area (Å²) in [6.45, 7) is 2.50. The van der Waals surface area contributed by atoms with E-state index in [0.717, 1.165) is 27.3 Å². The van der Waals surface area contributed by atoms with Crippen molar-refractivity contribution >= 4 is 44.8 Å². The third-order valence-electron chi connectivity index (χ3n) is 2.97. The van der Waals surface area contributed by atoms with Gasteiger partial charge in [0.2, 0.25) is 5.88 Å². The van der Waals surface area contributed by atoms with Crippen molar-refractivity contribution in [1.82, 2.24) is 9.78 Å². The minimum atomic E-state index is 0.488. The van der Waals surface area contributed by atoms with E-state index < -0.39 is 0 Å². The SMILES string of the molecule is COc1c(CNc2ccc(Br)c(Cl)c2Cl)c(C)nn1C. The van der Waals surface area contributed by atoms with Gasteiger partial charge in [-0.25, -0.2) is 4.68 Å². The zero-order valence-electron chi connectivity index (χ0n) is 11.3. The van der Waals surface area contributed by atoms with Crippen molar-refractivity contribution < 1.29 is 4.74 Å². The van der Waals surface area contributed by atoms with Crippen molar-refractivity contribution in [3.63, 3.8) is 0 Å². The zero-order chi connectivity index (χ0) is 14.9. The summed E-state index contributed by atoms with van der Waals surface area (Å²) < 4.78 is 7.83. The van der Waals surface area contributed by atoms with E-state index in [2.05, 4.69) is 26.3 Å². The highest BCUT2D eigenvalue weighted by Crippen LogP contribution is 2.36. The number of anilines is 1. The maximum atomic E-state index is 6.21. The second kappa shape index (κ2) is 6.24. The molecule has 0 atom stereocenters. The summed E-state index contributed by atoms with van der Waals surface area (Å²) in [5, 5.41) is 8.57. The summed E-state index contributed by atoms with van der Waals surface area (Å²) in [6.07, 6.45) is 0. The lowest BCUT2D eigenvalue weighted by Gasteiger charge is -2.11. The van der Waals surface area contributed by atoms with Crippen LogP contribution in [0.4, 0.5) is 5.69 Å². The summed E-state index contributed by atoms with van der Waals surface area (Å²) in [5.41, 5.74) is 2.67. The van der Waals surface area contributed by atoms with Gasteiger partial charge in [0.05, 0.1) is 34.1 Å². The molecular weight excluding hydrogens is 365 g/mol. The molecule has 1 heterocycles. The fourth-order valence-electron chi connectivity index (χ4n) is 1.99. The normalized spacial score (nSPS) is 10.7. The van der Waals surface area contributed by atoms with Crippen LogP contribution in [0.1, 0.15) is 11.3 Å². The van der Waals surface area contributed by atoms with E-state index in [1.807, 2.05) is 26.1 Å². The van der Waals surface area contributed by atoms with E-state index in [0.29, 0.717) is 16.6 Å². The molecule has 108 valence electrons. The topological polar surface area (TPSA) is 39.1 Å². The molecule has 0 aliphatic carbocycles. The second-order valence-corrected chi connectivity index (χ2v) is 5.88. The number of rotatable bonds is 4. The van der Waals surface area contributed by atoms with Gasteiger partial charge >= 0.3 is 0 Å². The fraction of sp³-hybridized carbons (Fsp3) is 0.308. The Kier molecular flexibility index (Phi) is 4.83. The predicted octanol–water partition coefficient (Wildman–Crippen LogP) is 4.42. The molecule has 0 amide bonds. The molecule has 0 aliphatic heterocycles. The van der Waals surface area contributed by atoms with E-state index in [1.165, 1.54) is 0 Å². The van der Waals surface area contributed by atoms with Gasteiger partial charge < -0.3 is 10.1 Å². The molecule has 0 saturated carbocycles. The maximum absolute atomic E-state index is 6.21. The molecule has 20 heavy (non-hydrogen) atoms. The number of ether oxygens (including phenoxy) is 1. The van der Waals surface area contributed by atoms with Crippen molar-refractivity contribution in [1.29, 1.82) is 0 Å². The van der Waals surface area contributed by atoms with Gasteiger partial charge in [-0.1, -0.05) is 23.2 Å². The zero-order valence-corrected chi connectivity index (χ0v) is 14.4. The minimum Gasteiger partial charge on any atom is -0.481 e. The number of nitrogens with zero attached hydrogens (tertiary/aromatic N) is 2. The van der Waals surface area contributed by atoms with Crippen LogP contribution in [0.3, 0.4) is 0 Å². The van der Waals surface area contributed by atoms with Crippen LogP contribution in [0.2, 0.25) is 10.0 Å². The smallest absolute Gasteiger partial charge is 0.216 e. The van der Waals surface area contributed by atoms with Gasteiger partial charge in [-0.2, -0.15) is 5.10 Å². The summed E-state index contributed by atoms with van der Waals surface area (Å²) in [4.78, 5) is 0. The first-order valence-corrected chi connectivity index (χ1v) is 7.44. The molecule has 2 rings (SSSR count). The van der Waals surface area contributed by atoms with Crippen LogP contribution in [0, 0.1) is 6.92 Å². The number of aryl methyl sites for hydroxylation is 2. The van der Waals surface area contributed by atoms with Crippen molar-refractivity contribution in [2.45, 2.75) is 13.5 Å². The summed E-state index contributed by atoms with van der Waals surface area (Å²) in [6, 6.07) is 3.72. The average Bonchev–Trinajstić information content (AvgIpc) is 2.69. The summed E-state index contributed by atoms with van der Waals surface area (Å²) in [5.74, 6) is 0.731. The van der Waals surface area contributed by atoms with E-state index >= 15 is 0 Å². The Morgan fingerprint density at radius 1 is 1.35 bits per heavy atom. The largest absolute Gasteiger partial charge is 0.481 e. The van der Waals surface area contributed by atoms with Gasteiger partial charge in [-0.15, -0.1) is 0 Å². The van der Waals surface area contributed by atoms with Crippen molar-refractivity contribution in [2.24, 2.45) is 7.05 Å². The number of nitrogens with one attached hydrogen (secondary N) is 1. The van der Waals surface area contributed by atoms with Crippen LogP contribution < -0.4 is 10.1 Å². The molecule has 0 spiro atoms. The molecule has 0 saturated heterocycles. The first-order valence-electron chi connectivity index (χ1n) is 5.89. The molecule has 0 aliphatic rings. The third-order valence-corrected chi connectivity index (χ3v) is 4.74. The molecule has 7 heteroatoms. The monoisotopic (exact) mass is 377 g/mol.